The molecule has 6 rings (SSSR count). The molecule has 0 saturated carbocycles. The molecule has 1 amide bonds. The predicted octanol–water partition coefficient (Wildman–Crippen LogP) is 9.46. The number of rotatable bonds is 12. The second kappa shape index (κ2) is 14.5. The first-order valence-electron chi connectivity index (χ1n) is 15.1. The maximum Gasteiger partial charge on any atom is 0.220 e. The monoisotopic (exact) mass is 632 g/mol. The van der Waals surface area contributed by atoms with Crippen molar-refractivity contribution in [3.05, 3.63) is 171 Å². The molecular weight excluding hydrogens is 599 g/mol. The van der Waals surface area contributed by atoms with Crippen LogP contribution < -0.4 is 10.1 Å². The first-order valence-corrected chi connectivity index (χ1v) is 15.9. The summed E-state index contributed by atoms with van der Waals surface area (Å²) in [6.45, 7) is 1.68. The number of fused-ring (bicyclic) bond motifs is 1. The molecule has 0 aliphatic rings. The van der Waals surface area contributed by atoms with Crippen LogP contribution in [0.3, 0.4) is 0 Å². The Bertz CT molecular complexity index is 1890. The molecule has 1 N–H and O–H groups in total. The summed E-state index contributed by atoms with van der Waals surface area (Å²) >= 11 is 12.4. The van der Waals surface area contributed by atoms with Gasteiger partial charge in [0.1, 0.15) is 12.4 Å². The number of carbonyl (C=O) groups is 1. The molecule has 0 aliphatic carbocycles. The molecule has 0 unspecified atom stereocenters. The molecule has 6 heteroatoms. The lowest BCUT2D eigenvalue weighted by Crippen LogP contribution is -2.27. The summed E-state index contributed by atoms with van der Waals surface area (Å²) in [5, 5.41) is 5.46. The fraction of sp³-hybridized carbons (Fsp3) is 0.154. The van der Waals surface area contributed by atoms with Gasteiger partial charge in [-0.3, -0.25) is 4.79 Å². The van der Waals surface area contributed by atoms with Crippen molar-refractivity contribution in [2.24, 2.45) is 0 Å². The van der Waals surface area contributed by atoms with Crippen molar-refractivity contribution in [2.45, 2.75) is 31.9 Å². The number of nitrogens with zero attached hydrogens (tertiary/aromatic N) is 1. The average molecular weight is 634 g/mol. The molecule has 6 aromatic rings. The van der Waals surface area contributed by atoms with Crippen molar-refractivity contribution in [3.63, 3.8) is 0 Å². The van der Waals surface area contributed by atoms with E-state index in [1.54, 1.807) is 6.07 Å². The van der Waals surface area contributed by atoms with E-state index >= 15 is 0 Å². The maximum atomic E-state index is 13.6. The van der Waals surface area contributed by atoms with Gasteiger partial charge >= 0.3 is 0 Å². The van der Waals surface area contributed by atoms with E-state index < -0.39 is 0 Å². The van der Waals surface area contributed by atoms with Gasteiger partial charge in [-0.05, 0) is 64.6 Å². The zero-order valence-corrected chi connectivity index (χ0v) is 26.3. The normalized spacial score (nSPS) is 11.8. The minimum Gasteiger partial charge on any atom is -0.489 e. The Kier molecular flexibility index (Phi) is 9.84. The second-order valence-electron chi connectivity index (χ2n) is 11.2. The van der Waals surface area contributed by atoms with Crippen LogP contribution in [0, 0.1) is 0 Å². The van der Waals surface area contributed by atoms with E-state index in [0.717, 1.165) is 45.5 Å². The molecule has 1 heterocycles. The van der Waals surface area contributed by atoms with E-state index in [-0.39, 0.29) is 18.2 Å². The molecule has 4 nitrogen and oxygen atoms in total. The highest BCUT2D eigenvalue weighted by atomic mass is 35.5. The zero-order chi connectivity index (χ0) is 31.0. The third-order valence-electron chi connectivity index (χ3n) is 8.02. The molecule has 0 spiro atoms. The predicted molar refractivity (Wildman–Crippen MR) is 184 cm³/mol. The summed E-state index contributed by atoms with van der Waals surface area (Å²) in [7, 11) is 0. The van der Waals surface area contributed by atoms with Gasteiger partial charge in [-0.1, -0.05) is 120 Å². The van der Waals surface area contributed by atoms with Crippen molar-refractivity contribution in [2.75, 3.05) is 6.54 Å². The van der Waals surface area contributed by atoms with Gasteiger partial charge in [0.05, 0.1) is 0 Å². The quantitative estimate of drug-likeness (QED) is 0.146. The highest BCUT2D eigenvalue weighted by Gasteiger charge is 2.23. The van der Waals surface area contributed by atoms with E-state index in [1.165, 1.54) is 5.56 Å². The number of hydrogen-bond acceptors (Lipinski definition) is 2. The van der Waals surface area contributed by atoms with Gasteiger partial charge in [-0.15, -0.1) is 0 Å². The second-order valence-corrected chi connectivity index (χ2v) is 12.0. The summed E-state index contributed by atoms with van der Waals surface area (Å²) in [5.41, 5.74) is 6.54. The summed E-state index contributed by atoms with van der Waals surface area (Å²) in [6.07, 6.45) is 3.11. The van der Waals surface area contributed by atoms with Gasteiger partial charge in [-0.25, -0.2) is 0 Å². The Morgan fingerprint density at radius 2 is 1.51 bits per heavy atom. The van der Waals surface area contributed by atoms with Crippen LogP contribution >= 0.6 is 23.2 Å². The van der Waals surface area contributed by atoms with Crippen LogP contribution in [0.15, 0.2) is 134 Å². The fourth-order valence-electron chi connectivity index (χ4n) is 5.75. The van der Waals surface area contributed by atoms with Crippen molar-refractivity contribution >= 4 is 40.0 Å². The van der Waals surface area contributed by atoms with Gasteiger partial charge in [0.2, 0.25) is 5.91 Å². The van der Waals surface area contributed by atoms with Crippen LogP contribution in [-0.4, -0.2) is 17.0 Å². The van der Waals surface area contributed by atoms with Gasteiger partial charge in [0, 0.05) is 52.6 Å². The molecule has 0 fully saturated rings. The number of nitrogens with one attached hydrogen (secondary N) is 1. The zero-order valence-electron chi connectivity index (χ0n) is 24.8. The number of carbonyl (C=O) groups excluding carboxylic acids is 1. The van der Waals surface area contributed by atoms with E-state index in [1.807, 2.05) is 48.5 Å². The van der Waals surface area contributed by atoms with Crippen LogP contribution in [-0.2, 0) is 24.4 Å². The molecule has 45 heavy (non-hydrogen) atoms. The summed E-state index contributed by atoms with van der Waals surface area (Å²) in [6, 6.07) is 42.6. The summed E-state index contributed by atoms with van der Waals surface area (Å²) < 4.78 is 8.48. The fourth-order valence-corrected chi connectivity index (χ4v) is 6.25. The van der Waals surface area contributed by atoms with Gasteiger partial charge in [0.15, 0.2) is 0 Å². The maximum absolute atomic E-state index is 13.6. The number of ether oxygens (including phenoxy) is 1. The molecule has 5 aromatic carbocycles. The minimum atomic E-state index is -0.189. The SMILES string of the molecule is O=C(C[C@H](c1cccc(OCc2ccccc2)c1)c1cn(Cc2ccccc2)c2ccccc12)NCCc1ccc(Cl)cc1Cl. The Morgan fingerprint density at radius 3 is 2.29 bits per heavy atom. The van der Waals surface area contributed by atoms with Gasteiger partial charge < -0.3 is 14.6 Å². The number of benzene rings is 5. The highest BCUT2D eigenvalue weighted by molar-refractivity contribution is 6.35. The average Bonchev–Trinajstić information content (AvgIpc) is 3.42. The number of halogens is 2. The minimum absolute atomic E-state index is 0.0272. The van der Waals surface area contributed by atoms with Crippen molar-refractivity contribution < 1.29 is 9.53 Å². The lowest BCUT2D eigenvalue weighted by Gasteiger charge is -2.19. The molecule has 1 atom stereocenters. The van der Waals surface area contributed by atoms with E-state index in [0.29, 0.717) is 29.6 Å². The Labute approximate surface area is 274 Å². The van der Waals surface area contributed by atoms with Crippen LogP contribution in [0.2, 0.25) is 10.0 Å². The third kappa shape index (κ3) is 7.78. The van der Waals surface area contributed by atoms with Crippen molar-refractivity contribution in [1.29, 1.82) is 0 Å². The van der Waals surface area contributed by atoms with Crippen molar-refractivity contribution in [1.82, 2.24) is 9.88 Å². The van der Waals surface area contributed by atoms with Crippen LogP contribution in [0.4, 0.5) is 0 Å². The lowest BCUT2D eigenvalue weighted by molar-refractivity contribution is -0.121. The summed E-state index contributed by atoms with van der Waals surface area (Å²) in [4.78, 5) is 13.6. The number of amides is 1. The molecule has 0 saturated heterocycles. The topological polar surface area (TPSA) is 43.3 Å². The Balaban J connectivity index is 1.29. The standard InChI is InChI=1S/C39H34Cl2N2O2/c40-32-19-18-30(37(41)23-32)20-21-42-39(44)24-35(31-14-9-15-33(22-31)45-27-29-12-5-2-6-13-29)36-26-43(25-28-10-3-1-4-11-28)38-17-8-7-16-34(36)38/h1-19,22-23,26,35H,20-21,24-25,27H2,(H,42,44)/t35-/m1/s1. The molecular formula is C39H34Cl2N2O2. The molecule has 226 valence electrons. The first-order chi connectivity index (χ1) is 22.0. The van der Waals surface area contributed by atoms with Crippen LogP contribution in [0.25, 0.3) is 10.9 Å². The molecule has 0 aliphatic heterocycles. The first kappa shape index (κ1) is 30.5. The molecule has 0 bridgehead atoms. The van der Waals surface area contributed by atoms with Crippen LogP contribution in [0.5, 0.6) is 5.75 Å². The molecule has 0 radical (unpaired) electrons. The third-order valence-corrected chi connectivity index (χ3v) is 8.61. The number of hydrogen-bond donors (Lipinski definition) is 1. The van der Waals surface area contributed by atoms with E-state index in [9.17, 15) is 4.79 Å². The highest BCUT2D eigenvalue weighted by Crippen LogP contribution is 2.36. The number of para-hydroxylation sites is 1. The van der Waals surface area contributed by atoms with E-state index in [4.69, 9.17) is 27.9 Å². The Hall–Kier alpha value is -4.51. The smallest absolute Gasteiger partial charge is 0.220 e. The lowest BCUT2D eigenvalue weighted by atomic mass is 9.88. The summed E-state index contributed by atoms with van der Waals surface area (Å²) in [5.74, 6) is 0.555. The van der Waals surface area contributed by atoms with E-state index in [2.05, 4.69) is 88.9 Å². The molecule has 1 aromatic heterocycles. The van der Waals surface area contributed by atoms with Crippen molar-refractivity contribution in [3.8, 4) is 5.75 Å². The van der Waals surface area contributed by atoms with Crippen LogP contribution in [0.1, 0.15) is 40.2 Å². The number of aromatic nitrogens is 1. The largest absolute Gasteiger partial charge is 0.489 e. The Morgan fingerprint density at radius 1 is 0.778 bits per heavy atom. The van der Waals surface area contributed by atoms with Gasteiger partial charge in [-0.2, -0.15) is 0 Å². The van der Waals surface area contributed by atoms with Gasteiger partial charge in [0.25, 0.3) is 0 Å².